The quantitative estimate of drug-likeness (QED) is 0.560. The third-order valence-electron chi connectivity index (χ3n) is 2.61. The molecule has 1 aromatic carbocycles. The van der Waals surface area contributed by atoms with Crippen molar-refractivity contribution in [3.05, 3.63) is 34.6 Å². The van der Waals surface area contributed by atoms with Crippen molar-refractivity contribution in [1.29, 1.82) is 0 Å². The van der Waals surface area contributed by atoms with Gasteiger partial charge in [0.05, 0.1) is 5.56 Å². The van der Waals surface area contributed by atoms with Crippen molar-refractivity contribution in [1.82, 2.24) is 0 Å². The maximum Gasteiger partial charge on any atom is 0.166 e. The Bertz CT molecular complexity index is 376. The first-order valence-electron chi connectivity index (χ1n) is 5.94. The van der Waals surface area contributed by atoms with E-state index in [9.17, 15) is 9.18 Å². The van der Waals surface area contributed by atoms with Crippen LogP contribution in [0.25, 0.3) is 0 Å². The van der Waals surface area contributed by atoms with E-state index >= 15 is 0 Å². The van der Waals surface area contributed by atoms with Crippen LogP contribution in [0, 0.1) is 19.7 Å². The molecule has 0 saturated carbocycles. The predicted molar refractivity (Wildman–Crippen MR) is 65.9 cm³/mol. The number of aryl methyl sites for hydroxylation is 2. The first-order chi connectivity index (χ1) is 8.06. The highest BCUT2D eigenvalue weighted by Gasteiger charge is 2.14. The summed E-state index contributed by atoms with van der Waals surface area (Å²) in [6, 6.07) is 3.24. The summed E-state index contributed by atoms with van der Waals surface area (Å²) in [5.41, 5.74) is 1.78. The van der Waals surface area contributed by atoms with Gasteiger partial charge >= 0.3 is 0 Å². The molecule has 3 heteroatoms. The summed E-state index contributed by atoms with van der Waals surface area (Å²) in [6.07, 6.45) is 0.972. The lowest BCUT2D eigenvalue weighted by Crippen LogP contribution is -2.07. The van der Waals surface area contributed by atoms with E-state index in [-0.39, 0.29) is 11.3 Å². The molecular formula is C14H19FO2. The second-order valence-electron chi connectivity index (χ2n) is 4.16. The molecule has 0 aliphatic heterocycles. The Morgan fingerprint density at radius 1 is 1.35 bits per heavy atom. The van der Waals surface area contributed by atoms with Gasteiger partial charge in [0.2, 0.25) is 0 Å². The molecule has 0 bridgehead atoms. The van der Waals surface area contributed by atoms with Crippen LogP contribution in [-0.2, 0) is 4.74 Å². The number of hydrogen-bond donors (Lipinski definition) is 0. The summed E-state index contributed by atoms with van der Waals surface area (Å²) < 4.78 is 18.8. The minimum atomic E-state index is -0.413. The van der Waals surface area contributed by atoms with Crippen molar-refractivity contribution in [2.24, 2.45) is 0 Å². The molecule has 0 aromatic heterocycles. The zero-order chi connectivity index (χ0) is 12.8. The summed E-state index contributed by atoms with van der Waals surface area (Å²) in [6.45, 7) is 6.69. The van der Waals surface area contributed by atoms with Crippen LogP contribution in [0.5, 0.6) is 0 Å². The monoisotopic (exact) mass is 238 g/mol. The Morgan fingerprint density at radius 2 is 2.06 bits per heavy atom. The van der Waals surface area contributed by atoms with Crippen molar-refractivity contribution >= 4 is 5.78 Å². The standard InChI is InChI=1S/C14H19FO2/c1-4-17-7-5-6-13(16)14-11(3)8-10(2)9-12(14)15/h8-9H,4-7H2,1-3H3. The number of benzene rings is 1. The Hall–Kier alpha value is -1.22. The van der Waals surface area contributed by atoms with Gasteiger partial charge in [0, 0.05) is 19.6 Å². The minimum absolute atomic E-state index is 0.139. The van der Waals surface area contributed by atoms with Gasteiger partial charge in [-0.3, -0.25) is 4.79 Å². The lowest BCUT2D eigenvalue weighted by molar-refractivity contribution is 0.0942. The number of hydrogen-bond acceptors (Lipinski definition) is 2. The third-order valence-corrected chi connectivity index (χ3v) is 2.61. The fourth-order valence-electron chi connectivity index (χ4n) is 1.87. The molecular weight excluding hydrogens is 219 g/mol. The van der Waals surface area contributed by atoms with Gasteiger partial charge in [0.25, 0.3) is 0 Å². The lowest BCUT2D eigenvalue weighted by Gasteiger charge is -2.08. The highest BCUT2D eigenvalue weighted by atomic mass is 19.1. The minimum Gasteiger partial charge on any atom is -0.382 e. The van der Waals surface area contributed by atoms with E-state index in [1.165, 1.54) is 6.07 Å². The van der Waals surface area contributed by atoms with E-state index in [1.807, 2.05) is 19.9 Å². The van der Waals surface area contributed by atoms with Gasteiger partial charge in [-0.15, -0.1) is 0 Å². The average molecular weight is 238 g/mol. The summed E-state index contributed by atoms with van der Waals surface area (Å²) in [4.78, 5) is 11.9. The van der Waals surface area contributed by atoms with Gasteiger partial charge in [-0.2, -0.15) is 0 Å². The summed E-state index contributed by atoms with van der Waals surface area (Å²) in [5.74, 6) is -0.552. The Kier molecular flexibility index (Phi) is 5.29. The van der Waals surface area contributed by atoms with Gasteiger partial charge in [-0.25, -0.2) is 4.39 Å². The molecule has 2 nitrogen and oxygen atoms in total. The molecule has 0 heterocycles. The number of carbonyl (C=O) groups excluding carboxylic acids is 1. The van der Waals surface area contributed by atoms with Crippen LogP contribution >= 0.6 is 0 Å². The molecule has 0 radical (unpaired) electrons. The molecule has 1 aromatic rings. The van der Waals surface area contributed by atoms with Crippen LogP contribution in [0.2, 0.25) is 0 Å². The molecule has 0 aliphatic rings. The maximum atomic E-state index is 13.7. The van der Waals surface area contributed by atoms with Crippen LogP contribution in [0.3, 0.4) is 0 Å². The Labute approximate surface area is 102 Å². The first-order valence-corrected chi connectivity index (χ1v) is 5.94. The lowest BCUT2D eigenvalue weighted by atomic mass is 9.99. The second kappa shape index (κ2) is 6.50. The molecule has 0 fully saturated rings. The predicted octanol–water partition coefficient (Wildman–Crippen LogP) is 3.44. The van der Waals surface area contributed by atoms with Crippen molar-refractivity contribution < 1.29 is 13.9 Å². The van der Waals surface area contributed by atoms with Crippen molar-refractivity contribution in [3.8, 4) is 0 Å². The number of ketones is 1. The number of Topliss-reactive ketones (excluding diaryl/α,β-unsaturated/α-hetero) is 1. The molecule has 0 spiro atoms. The topological polar surface area (TPSA) is 26.3 Å². The highest BCUT2D eigenvalue weighted by Crippen LogP contribution is 2.18. The van der Waals surface area contributed by atoms with Crippen LogP contribution in [-0.4, -0.2) is 19.0 Å². The van der Waals surface area contributed by atoms with Gasteiger partial charge in [-0.05, 0) is 44.4 Å². The van der Waals surface area contributed by atoms with E-state index in [4.69, 9.17) is 4.74 Å². The maximum absolute atomic E-state index is 13.7. The normalized spacial score (nSPS) is 10.6. The van der Waals surface area contributed by atoms with Gasteiger partial charge in [0.15, 0.2) is 5.78 Å². The fraction of sp³-hybridized carbons (Fsp3) is 0.500. The SMILES string of the molecule is CCOCCCC(=O)c1c(C)cc(C)cc1F. The molecule has 0 saturated heterocycles. The average Bonchev–Trinajstić information content (AvgIpc) is 2.23. The molecule has 94 valence electrons. The molecule has 0 N–H and O–H groups in total. The Morgan fingerprint density at radius 3 is 2.65 bits per heavy atom. The van der Waals surface area contributed by atoms with Crippen LogP contribution < -0.4 is 0 Å². The molecule has 0 amide bonds. The zero-order valence-corrected chi connectivity index (χ0v) is 10.7. The molecule has 0 unspecified atom stereocenters. The van der Waals surface area contributed by atoms with Crippen LogP contribution in [0.4, 0.5) is 4.39 Å². The summed E-state index contributed by atoms with van der Waals surface area (Å²) >= 11 is 0. The fourth-order valence-corrected chi connectivity index (χ4v) is 1.87. The van der Waals surface area contributed by atoms with Crippen LogP contribution in [0.1, 0.15) is 41.3 Å². The van der Waals surface area contributed by atoms with Crippen molar-refractivity contribution in [2.45, 2.75) is 33.6 Å². The number of ether oxygens (including phenoxy) is 1. The van der Waals surface area contributed by atoms with E-state index in [0.29, 0.717) is 31.6 Å². The van der Waals surface area contributed by atoms with Crippen LogP contribution in [0.15, 0.2) is 12.1 Å². The molecule has 0 atom stereocenters. The third kappa shape index (κ3) is 3.93. The van der Waals surface area contributed by atoms with E-state index in [0.717, 1.165) is 5.56 Å². The van der Waals surface area contributed by atoms with Gasteiger partial charge in [0.1, 0.15) is 5.82 Å². The van der Waals surface area contributed by atoms with Gasteiger partial charge in [-0.1, -0.05) is 6.07 Å². The van der Waals surface area contributed by atoms with E-state index in [1.54, 1.807) is 6.92 Å². The number of rotatable bonds is 6. The highest BCUT2D eigenvalue weighted by molar-refractivity contribution is 5.97. The van der Waals surface area contributed by atoms with Gasteiger partial charge < -0.3 is 4.74 Å². The Balaban J connectivity index is 2.69. The zero-order valence-electron chi connectivity index (χ0n) is 10.7. The van der Waals surface area contributed by atoms with E-state index < -0.39 is 5.82 Å². The molecule has 0 aliphatic carbocycles. The second-order valence-corrected chi connectivity index (χ2v) is 4.16. The molecule has 17 heavy (non-hydrogen) atoms. The van der Waals surface area contributed by atoms with Crippen molar-refractivity contribution in [2.75, 3.05) is 13.2 Å². The number of carbonyl (C=O) groups is 1. The summed E-state index contributed by atoms with van der Waals surface area (Å²) in [5, 5.41) is 0. The van der Waals surface area contributed by atoms with Crippen molar-refractivity contribution in [3.63, 3.8) is 0 Å². The van der Waals surface area contributed by atoms with E-state index in [2.05, 4.69) is 0 Å². The summed E-state index contributed by atoms with van der Waals surface area (Å²) in [7, 11) is 0. The molecule has 1 rings (SSSR count). The first kappa shape index (κ1) is 13.8. The smallest absolute Gasteiger partial charge is 0.166 e. The largest absolute Gasteiger partial charge is 0.382 e. The number of halogens is 1.